The van der Waals surface area contributed by atoms with Crippen molar-refractivity contribution in [2.45, 2.75) is 39.3 Å². The van der Waals surface area contributed by atoms with E-state index in [2.05, 4.69) is 33.9 Å². The van der Waals surface area contributed by atoms with Gasteiger partial charge in [0.15, 0.2) is 12.4 Å². The van der Waals surface area contributed by atoms with E-state index in [9.17, 15) is 9.59 Å². The average molecular weight is 473 g/mol. The molecule has 34 heavy (non-hydrogen) atoms. The van der Waals surface area contributed by atoms with Crippen molar-refractivity contribution in [2.75, 3.05) is 47.4 Å². The molecular formula is C24H36N6O4. The SMILES string of the molecule is COc1ccc(OCC(=O)N2CCc3nnc([C@H](CC(C)C)NC(=O)CN(C)C)n3CC2)cc1. The summed E-state index contributed by atoms with van der Waals surface area (Å²) in [6.07, 6.45) is 1.36. The van der Waals surface area contributed by atoms with Crippen LogP contribution in [0.1, 0.15) is 38.0 Å². The van der Waals surface area contributed by atoms with Crippen LogP contribution in [0.4, 0.5) is 0 Å². The van der Waals surface area contributed by atoms with Crippen LogP contribution in [0.25, 0.3) is 0 Å². The van der Waals surface area contributed by atoms with Gasteiger partial charge >= 0.3 is 0 Å². The molecular weight excluding hydrogens is 436 g/mol. The van der Waals surface area contributed by atoms with E-state index in [1.165, 1.54) is 0 Å². The third-order valence-electron chi connectivity index (χ3n) is 5.64. The zero-order chi connectivity index (χ0) is 24.7. The van der Waals surface area contributed by atoms with Crippen molar-refractivity contribution in [3.05, 3.63) is 35.9 Å². The maximum Gasteiger partial charge on any atom is 0.260 e. The van der Waals surface area contributed by atoms with Crippen molar-refractivity contribution in [2.24, 2.45) is 5.92 Å². The first-order valence-corrected chi connectivity index (χ1v) is 11.7. The van der Waals surface area contributed by atoms with Crippen LogP contribution in [0, 0.1) is 5.92 Å². The molecule has 3 rings (SSSR count). The van der Waals surface area contributed by atoms with Gasteiger partial charge in [-0.1, -0.05) is 13.8 Å². The largest absolute Gasteiger partial charge is 0.497 e. The van der Waals surface area contributed by atoms with Crippen LogP contribution < -0.4 is 14.8 Å². The number of rotatable bonds is 10. The fraction of sp³-hybridized carbons (Fsp3) is 0.583. The van der Waals surface area contributed by atoms with Crippen molar-refractivity contribution in [1.82, 2.24) is 29.9 Å². The minimum Gasteiger partial charge on any atom is -0.497 e. The number of fused-ring (bicyclic) bond motifs is 1. The fourth-order valence-electron chi connectivity index (χ4n) is 3.99. The number of nitrogens with zero attached hydrogens (tertiary/aromatic N) is 5. The molecule has 2 amide bonds. The number of hydrogen-bond acceptors (Lipinski definition) is 7. The van der Waals surface area contributed by atoms with E-state index in [1.807, 2.05) is 19.0 Å². The van der Waals surface area contributed by atoms with Crippen LogP contribution in [0.2, 0.25) is 0 Å². The maximum atomic E-state index is 12.8. The number of ether oxygens (including phenoxy) is 2. The zero-order valence-corrected chi connectivity index (χ0v) is 20.8. The summed E-state index contributed by atoms with van der Waals surface area (Å²) in [7, 11) is 5.33. The molecule has 2 heterocycles. The number of likely N-dealkylation sites (N-methyl/N-ethyl adjacent to an activating group) is 1. The van der Waals surface area contributed by atoms with Gasteiger partial charge in [0.1, 0.15) is 17.3 Å². The van der Waals surface area contributed by atoms with Crippen molar-refractivity contribution in [3.8, 4) is 11.5 Å². The lowest BCUT2D eigenvalue weighted by molar-refractivity contribution is -0.133. The second-order valence-electron chi connectivity index (χ2n) is 9.21. The number of nitrogens with one attached hydrogen (secondary N) is 1. The highest BCUT2D eigenvalue weighted by molar-refractivity contribution is 5.78. The summed E-state index contributed by atoms with van der Waals surface area (Å²) in [4.78, 5) is 28.9. The monoisotopic (exact) mass is 472 g/mol. The lowest BCUT2D eigenvalue weighted by Gasteiger charge is -2.23. The van der Waals surface area contributed by atoms with Crippen molar-refractivity contribution in [3.63, 3.8) is 0 Å². The lowest BCUT2D eigenvalue weighted by Crippen LogP contribution is -2.38. The average Bonchev–Trinajstić information content (AvgIpc) is 3.07. The number of aromatic nitrogens is 3. The Morgan fingerprint density at radius 2 is 1.79 bits per heavy atom. The smallest absolute Gasteiger partial charge is 0.260 e. The van der Waals surface area contributed by atoms with Gasteiger partial charge in [-0.3, -0.25) is 9.59 Å². The molecule has 0 unspecified atom stereocenters. The third kappa shape index (κ3) is 6.93. The first kappa shape index (κ1) is 25.5. The molecule has 0 fully saturated rings. The Morgan fingerprint density at radius 3 is 2.44 bits per heavy atom. The molecule has 0 saturated carbocycles. The first-order chi connectivity index (χ1) is 16.3. The topological polar surface area (TPSA) is 102 Å². The van der Waals surface area contributed by atoms with Crippen LogP contribution in [0.5, 0.6) is 11.5 Å². The summed E-state index contributed by atoms with van der Waals surface area (Å²) in [5, 5.41) is 11.9. The molecule has 0 radical (unpaired) electrons. The Kier molecular flexibility index (Phi) is 8.86. The molecule has 2 aromatic rings. The molecule has 1 aliphatic heterocycles. The van der Waals surface area contributed by atoms with Gasteiger partial charge in [0.2, 0.25) is 5.91 Å². The molecule has 0 bridgehead atoms. The van der Waals surface area contributed by atoms with Crippen LogP contribution in [0.3, 0.4) is 0 Å². The van der Waals surface area contributed by atoms with E-state index >= 15 is 0 Å². The number of carbonyl (C=O) groups is 2. The van der Waals surface area contributed by atoms with E-state index < -0.39 is 0 Å². The predicted molar refractivity (Wildman–Crippen MR) is 128 cm³/mol. The molecule has 10 heteroatoms. The van der Waals surface area contributed by atoms with E-state index in [-0.39, 0.29) is 24.5 Å². The Labute approximate surface area is 201 Å². The van der Waals surface area contributed by atoms with Crippen LogP contribution in [-0.2, 0) is 22.6 Å². The van der Waals surface area contributed by atoms with Crippen molar-refractivity contribution >= 4 is 11.8 Å². The molecule has 186 valence electrons. The van der Waals surface area contributed by atoms with Crippen molar-refractivity contribution in [1.29, 1.82) is 0 Å². The lowest BCUT2D eigenvalue weighted by atomic mass is 10.0. The van der Waals surface area contributed by atoms with Gasteiger partial charge in [-0.25, -0.2) is 0 Å². The Balaban J connectivity index is 1.63. The number of amides is 2. The molecule has 1 aromatic carbocycles. The summed E-state index contributed by atoms with van der Waals surface area (Å²) in [5.41, 5.74) is 0. The molecule has 0 spiro atoms. The molecule has 1 N–H and O–H groups in total. The van der Waals surface area contributed by atoms with E-state index in [0.29, 0.717) is 44.3 Å². The Morgan fingerprint density at radius 1 is 1.09 bits per heavy atom. The highest BCUT2D eigenvalue weighted by Gasteiger charge is 2.27. The second kappa shape index (κ2) is 11.8. The first-order valence-electron chi connectivity index (χ1n) is 11.7. The van der Waals surface area contributed by atoms with Gasteiger partial charge in [-0.05, 0) is 50.7 Å². The molecule has 1 aromatic heterocycles. The van der Waals surface area contributed by atoms with Crippen molar-refractivity contribution < 1.29 is 19.1 Å². The third-order valence-corrected chi connectivity index (χ3v) is 5.64. The molecule has 0 saturated heterocycles. The second-order valence-corrected chi connectivity index (χ2v) is 9.21. The van der Waals surface area contributed by atoms with Gasteiger partial charge in [0, 0.05) is 26.1 Å². The number of carbonyl (C=O) groups excluding carboxylic acids is 2. The summed E-state index contributed by atoms with van der Waals surface area (Å²) >= 11 is 0. The van der Waals surface area contributed by atoms with E-state index in [4.69, 9.17) is 9.47 Å². The minimum absolute atomic E-state index is 0.0314. The van der Waals surface area contributed by atoms with Crippen LogP contribution in [-0.4, -0.2) is 83.8 Å². The zero-order valence-electron chi connectivity index (χ0n) is 20.8. The van der Waals surface area contributed by atoms with Crippen LogP contribution in [0.15, 0.2) is 24.3 Å². The number of methoxy groups -OCH3 is 1. The molecule has 0 aliphatic carbocycles. The summed E-state index contributed by atoms with van der Waals surface area (Å²) < 4.78 is 12.9. The molecule has 1 atom stereocenters. The molecule has 1 aliphatic rings. The van der Waals surface area contributed by atoms with Gasteiger partial charge in [-0.2, -0.15) is 0 Å². The van der Waals surface area contributed by atoms with Crippen LogP contribution >= 0.6 is 0 Å². The summed E-state index contributed by atoms with van der Waals surface area (Å²) in [6.45, 7) is 6.17. The molecule has 10 nitrogen and oxygen atoms in total. The minimum atomic E-state index is -0.227. The van der Waals surface area contributed by atoms with Gasteiger partial charge in [0.05, 0.1) is 19.7 Å². The normalized spacial score (nSPS) is 14.5. The predicted octanol–water partition coefficient (Wildman–Crippen LogP) is 1.52. The van der Waals surface area contributed by atoms with Gasteiger partial charge in [-0.15, -0.1) is 10.2 Å². The number of benzene rings is 1. The standard InChI is InChI=1S/C24H36N6O4/c1-17(2)14-20(25-22(31)15-28(3)4)24-27-26-21-10-11-29(12-13-30(21)24)23(32)16-34-19-8-6-18(33-5)7-9-19/h6-9,17,20H,10-16H2,1-5H3,(H,25,31)/t20-/m0/s1. The highest BCUT2D eigenvalue weighted by Crippen LogP contribution is 2.22. The fourth-order valence-corrected chi connectivity index (χ4v) is 3.99. The maximum absolute atomic E-state index is 12.8. The highest BCUT2D eigenvalue weighted by atomic mass is 16.5. The quantitative estimate of drug-likeness (QED) is 0.559. The summed E-state index contributed by atoms with van der Waals surface area (Å²) in [5.74, 6) is 3.18. The van der Waals surface area contributed by atoms with Gasteiger partial charge < -0.3 is 29.2 Å². The van der Waals surface area contributed by atoms with E-state index in [1.54, 1.807) is 36.3 Å². The van der Waals surface area contributed by atoms with Gasteiger partial charge in [0.25, 0.3) is 5.91 Å². The Bertz CT molecular complexity index is 957. The number of hydrogen-bond donors (Lipinski definition) is 1. The summed E-state index contributed by atoms with van der Waals surface area (Å²) in [6, 6.07) is 6.92. The Hall–Kier alpha value is -3.14. The van der Waals surface area contributed by atoms with E-state index in [0.717, 1.165) is 23.8 Å².